The van der Waals surface area contributed by atoms with Crippen molar-refractivity contribution in [3.05, 3.63) is 0 Å². The molecule has 4 nitrogen and oxygen atoms in total. The van der Waals surface area contributed by atoms with Crippen molar-refractivity contribution in [2.24, 2.45) is 11.3 Å². The molecule has 0 aromatic rings. The van der Waals surface area contributed by atoms with Crippen LogP contribution in [0.15, 0.2) is 0 Å². The molecule has 1 rings (SSSR count). The van der Waals surface area contributed by atoms with Gasteiger partial charge in [0.25, 0.3) is 0 Å². The Hall–Kier alpha value is -0.610. The van der Waals surface area contributed by atoms with E-state index in [1.54, 1.807) is 7.11 Å². The number of amides is 1. The molecule has 1 aliphatic carbocycles. The fourth-order valence-corrected chi connectivity index (χ4v) is 1.77. The van der Waals surface area contributed by atoms with Gasteiger partial charge >= 0.3 is 0 Å². The van der Waals surface area contributed by atoms with Crippen molar-refractivity contribution in [3.8, 4) is 0 Å². The van der Waals surface area contributed by atoms with Crippen molar-refractivity contribution in [2.75, 3.05) is 20.3 Å². The van der Waals surface area contributed by atoms with Gasteiger partial charge in [0.1, 0.15) is 0 Å². The second kappa shape index (κ2) is 4.94. The molecule has 0 saturated heterocycles. The molecular weight excluding hydrogens is 194 g/mol. The number of nitrogens with one attached hydrogen (secondary N) is 1. The highest BCUT2D eigenvalue weighted by Crippen LogP contribution is 2.51. The van der Waals surface area contributed by atoms with Crippen LogP contribution in [0.4, 0.5) is 0 Å². The highest BCUT2D eigenvalue weighted by atomic mass is 16.5. The average Bonchev–Trinajstić information content (AvgIpc) is 2.76. The second-order valence-electron chi connectivity index (χ2n) is 4.92. The average molecular weight is 215 g/mol. The zero-order valence-electron chi connectivity index (χ0n) is 9.75. The lowest BCUT2D eigenvalue weighted by atomic mass is 10.1. The van der Waals surface area contributed by atoms with Gasteiger partial charge in [-0.1, -0.05) is 13.8 Å². The summed E-state index contributed by atoms with van der Waals surface area (Å²) in [6.07, 6.45) is 1.50. The van der Waals surface area contributed by atoms with Crippen LogP contribution < -0.4 is 5.32 Å². The first kappa shape index (κ1) is 12.5. The predicted octanol–water partition coefficient (Wildman–Crippen LogP) is 0.546. The largest absolute Gasteiger partial charge is 0.396 e. The minimum absolute atomic E-state index is 0.0658. The SMILES string of the molecule is COCC(CCO)NC(=O)C1CC1(C)C. The molecule has 88 valence electrons. The van der Waals surface area contributed by atoms with Gasteiger partial charge in [0, 0.05) is 19.6 Å². The minimum atomic E-state index is -0.0658. The molecule has 0 radical (unpaired) electrons. The first-order valence-corrected chi connectivity index (χ1v) is 5.41. The first-order chi connectivity index (χ1) is 7.01. The second-order valence-corrected chi connectivity index (χ2v) is 4.92. The molecule has 2 unspecified atom stereocenters. The van der Waals surface area contributed by atoms with Gasteiger partial charge in [-0.3, -0.25) is 4.79 Å². The van der Waals surface area contributed by atoms with E-state index in [9.17, 15) is 4.79 Å². The van der Waals surface area contributed by atoms with E-state index in [0.717, 1.165) is 6.42 Å². The minimum Gasteiger partial charge on any atom is -0.396 e. The number of hydrogen-bond acceptors (Lipinski definition) is 3. The summed E-state index contributed by atoms with van der Waals surface area (Å²) in [5.41, 5.74) is 0.154. The first-order valence-electron chi connectivity index (χ1n) is 5.41. The Balaban J connectivity index is 2.34. The van der Waals surface area contributed by atoms with Crippen molar-refractivity contribution in [1.82, 2.24) is 5.32 Å². The third kappa shape index (κ3) is 3.47. The Morgan fingerprint density at radius 3 is 2.67 bits per heavy atom. The maximum atomic E-state index is 11.7. The monoisotopic (exact) mass is 215 g/mol. The Kier molecular flexibility index (Phi) is 4.11. The third-order valence-electron chi connectivity index (χ3n) is 3.02. The van der Waals surface area contributed by atoms with Gasteiger partial charge in [0.2, 0.25) is 5.91 Å². The number of hydrogen-bond donors (Lipinski definition) is 2. The summed E-state index contributed by atoms with van der Waals surface area (Å²) in [5, 5.41) is 11.7. The van der Waals surface area contributed by atoms with Crippen molar-refractivity contribution in [1.29, 1.82) is 0 Å². The van der Waals surface area contributed by atoms with Crippen LogP contribution in [0.3, 0.4) is 0 Å². The van der Waals surface area contributed by atoms with Crippen LogP contribution >= 0.6 is 0 Å². The lowest BCUT2D eigenvalue weighted by Crippen LogP contribution is -2.40. The fourth-order valence-electron chi connectivity index (χ4n) is 1.77. The van der Waals surface area contributed by atoms with Crippen molar-refractivity contribution in [2.45, 2.75) is 32.7 Å². The summed E-state index contributed by atoms with van der Waals surface area (Å²) in [4.78, 5) is 11.7. The van der Waals surface area contributed by atoms with Crippen LogP contribution in [0.1, 0.15) is 26.7 Å². The van der Waals surface area contributed by atoms with Gasteiger partial charge in [-0.15, -0.1) is 0 Å². The third-order valence-corrected chi connectivity index (χ3v) is 3.02. The highest BCUT2D eigenvalue weighted by molar-refractivity contribution is 5.82. The summed E-state index contributed by atoms with van der Waals surface area (Å²) in [6, 6.07) is -0.0658. The molecule has 1 amide bonds. The summed E-state index contributed by atoms with van der Waals surface area (Å²) < 4.78 is 4.98. The van der Waals surface area contributed by atoms with E-state index >= 15 is 0 Å². The maximum Gasteiger partial charge on any atom is 0.223 e. The van der Waals surface area contributed by atoms with E-state index in [1.807, 2.05) is 0 Å². The van der Waals surface area contributed by atoms with Gasteiger partial charge in [0.15, 0.2) is 0 Å². The molecular formula is C11H21NO3. The molecule has 0 aromatic heterocycles. The summed E-state index contributed by atoms with van der Waals surface area (Å²) >= 11 is 0. The Bertz CT molecular complexity index is 222. The number of carbonyl (C=O) groups excluding carboxylic acids is 1. The number of aliphatic hydroxyl groups is 1. The van der Waals surface area contributed by atoms with Gasteiger partial charge in [-0.2, -0.15) is 0 Å². The molecule has 1 saturated carbocycles. The fraction of sp³-hybridized carbons (Fsp3) is 0.909. The van der Waals surface area contributed by atoms with Crippen LogP contribution in [0.25, 0.3) is 0 Å². The molecule has 4 heteroatoms. The van der Waals surface area contributed by atoms with Crippen LogP contribution in [0.2, 0.25) is 0 Å². The van der Waals surface area contributed by atoms with Crippen LogP contribution in [-0.4, -0.2) is 37.4 Å². The molecule has 0 heterocycles. The number of carbonyl (C=O) groups is 1. The highest BCUT2D eigenvalue weighted by Gasteiger charge is 2.50. The Morgan fingerprint density at radius 2 is 2.27 bits per heavy atom. The molecule has 1 fully saturated rings. The smallest absolute Gasteiger partial charge is 0.223 e. The molecule has 0 spiro atoms. The van der Waals surface area contributed by atoms with E-state index in [1.165, 1.54) is 0 Å². The molecule has 0 aliphatic heterocycles. The van der Waals surface area contributed by atoms with Gasteiger partial charge in [-0.05, 0) is 18.3 Å². The summed E-state index contributed by atoms with van der Waals surface area (Å²) in [6.45, 7) is 4.71. The molecule has 0 aromatic carbocycles. The maximum absolute atomic E-state index is 11.7. The molecule has 15 heavy (non-hydrogen) atoms. The van der Waals surface area contributed by atoms with E-state index in [4.69, 9.17) is 9.84 Å². The Morgan fingerprint density at radius 1 is 1.67 bits per heavy atom. The summed E-state index contributed by atoms with van der Waals surface area (Å²) in [7, 11) is 1.59. The van der Waals surface area contributed by atoms with Crippen LogP contribution in [0.5, 0.6) is 0 Å². The zero-order valence-corrected chi connectivity index (χ0v) is 9.75. The van der Waals surface area contributed by atoms with Gasteiger partial charge in [0.05, 0.1) is 12.6 Å². The zero-order chi connectivity index (χ0) is 11.5. The molecule has 0 bridgehead atoms. The quantitative estimate of drug-likeness (QED) is 0.680. The van der Waals surface area contributed by atoms with Crippen LogP contribution in [-0.2, 0) is 9.53 Å². The van der Waals surface area contributed by atoms with E-state index < -0.39 is 0 Å². The molecule has 2 atom stereocenters. The topological polar surface area (TPSA) is 58.6 Å². The number of methoxy groups -OCH3 is 1. The number of aliphatic hydroxyl groups excluding tert-OH is 1. The van der Waals surface area contributed by atoms with E-state index in [0.29, 0.717) is 13.0 Å². The normalized spacial score (nSPS) is 24.7. The van der Waals surface area contributed by atoms with E-state index in [-0.39, 0.29) is 29.9 Å². The number of rotatable bonds is 6. The van der Waals surface area contributed by atoms with Crippen molar-refractivity contribution < 1.29 is 14.6 Å². The number of ether oxygens (including phenoxy) is 1. The van der Waals surface area contributed by atoms with Gasteiger partial charge < -0.3 is 15.2 Å². The lowest BCUT2D eigenvalue weighted by Gasteiger charge is -2.17. The molecule has 2 N–H and O–H groups in total. The standard InChI is InChI=1S/C11H21NO3/c1-11(2)6-9(11)10(14)12-8(4-5-13)7-15-3/h8-9,13H,4-7H2,1-3H3,(H,12,14). The predicted molar refractivity (Wildman–Crippen MR) is 57.4 cm³/mol. The summed E-state index contributed by atoms with van der Waals surface area (Å²) in [5.74, 6) is 0.228. The van der Waals surface area contributed by atoms with Crippen LogP contribution in [0, 0.1) is 11.3 Å². The van der Waals surface area contributed by atoms with Gasteiger partial charge in [-0.25, -0.2) is 0 Å². The van der Waals surface area contributed by atoms with Crippen molar-refractivity contribution >= 4 is 5.91 Å². The van der Waals surface area contributed by atoms with Crippen molar-refractivity contribution in [3.63, 3.8) is 0 Å². The lowest BCUT2D eigenvalue weighted by molar-refractivity contribution is -0.124. The molecule has 1 aliphatic rings. The van der Waals surface area contributed by atoms with E-state index in [2.05, 4.69) is 19.2 Å². The Labute approximate surface area is 91.0 Å².